The summed E-state index contributed by atoms with van der Waals surface area (Å²) in [6.07, 6.45) is 14.2. The summed E-state index contributed by atoms with van der Waals surface area (Å²) in [6.45, 7) is 7.46. The average Bonchev–Trinajstić information content (AvgIpc) is 2.75. The molecule has 0 aliphatic heterocycles. The van der Waals surface area contributed by atoms with E-state index in [1.54, 1.807) is 6.92 Å². The molecule has 0 aliphatic rings. The van der Waals surface area contributed by atoms with Gasteiger partial charge in [-0.15, -0.1) is 0 Å². The molecule has 182 valence electrons. The lowest BCUT2D eigenvalue weighted by molar-refractivity contribution is -0.146. The van der Waals surface area contributed by atoms with E-state index in [2.05, 4.69) is 12.2 Å². The Balaban J connectivity index is 3.73. The van der Waals surface area contributed by atoms with Crippen molar-refractivity contribution in [1.82, 2.24) is 5.32 Å². The van der Waals surface area contributed by atoms with Crippen molar-refractivity contribution in [3.8, 4) is 0 Å². The molecule has 31 heavy (non-hydrogen) atoms. The summed E-state index contributed by atoms with van der Waals surface area (Å²) in [6, 6.07) is -0.179. The van der Waals surface area contributed by atoms with Gasteiger partial charge in [-0.1, -0.05) is 64.7 Å². The number of carbonyl (C=O) groups is 3. The third-order valence-corrected chi connectivity index (χ3v) is 5.35. The van der Waals surface area contributed by atoms with Crippen LogP contribution in [0.5, 0.6) is 0 Å². The summed E-state index contributed by atoms with van der Waals surface area (Å²) in [5.41, 5.74) is 0. The molecule has 0 bridgehead atoms. The molecule has 1 atom stereocenters. The molecule has 0 aromatic heterocycles. The molecule has 0 spiro atoms. The number of hydrogen-bond acceptors (Lipinski definition) is 6. The zero-order valence-corrected chi connectivity index (χ0v) is 20.3. The standard InChI is InChI=1S/C25H47NO5/c1-4-7-8-11-15-18-23(25(29)31-6-3)26-21-16-13-10-9-12-14-17-22(27)19-20-24(28)30-5-2/h23,26H,4-21H2,1-3H3. The Labute approximate surface area is 190 Å². The second kappa shape index (κ2) is 21.8. The highest BCUT2D eigenvalue weighted by Gasteiger charge is 2.18. The van der Waals surface area contributed by atoms with Crippen LogP contribution in [0.4, 0.5) is 0 Å². The smallest absolute Gasteiger partial charge is 0.323 e. The van der Waals surface area contributed by atoms with E-state index in [4.69, 9.17) is 9.47 Å². The summed E-state index contributed by atoms with van der Waals surface area (Å²) in [5, 5.41) is 3.39. The molecule has 1 unspecified atom stereocenters. The number of rotatable bonds is 22. The number of Topliss-reactive ketones (excluding diaryl/α,β-unsaturated/α-hetero) is 1. The Morgan fingerprint density at radius 2 is 1.29 bits per heavy atom. The molecule has 0 radical (unpaired) electrons. The first-order valence-electron chi connectivity index (χ1n) is 12.6. The maximum Gasteiger partial charge on any atom is 0.323 e. The first-order valence-corrected chi connectivity index (χ1v) is 12.6. The second-order valence-corrected chi connectivity index (χ2v) is 8.18. The molecule has 6 nitrogen and oxygen atoms in total. The third kappa shape index (κ3) is 19.0. The van der Waals surface area contributed by atoms with E-state index in [1.165, 1.54) is 25.7 Å². The molecule has 0 heterocycles. The SMILES string of the molecule is CCCCCCCC(NCCCCCCCCC(=O)CCC(=O)OCC)C(=O)OCC. The van der Waals surface area contributed by atoms with Gasteiger partial charge in [0.25, 0.3) is 0 Å². The van der Waals surface area contributed by atoms with Gasteiger partial charge in [0.15, 0.2) is 0 Å². The Morgan fingerprint density at radius 3 is 1.97 bits per heavy atom. The van der Waals surface area contributed by atoms with Gasteiger partial charge >= 0.3 is 11.9 Å². The molecule has 0 amide bonds. The fourth-order valence-corrected chi connectivity index (χ4v) is 3.53. The van der Waals surface area contributed by atoms with Crippen LogP contribution < -0.4 is 5.32 Å². The summed E-state index contributed by atoms with van der Waals surface area (Å²) in [7, 11) is 0. The number of nitrogens with one attached hydrogen (secondary N) is 1. The quantitative estimate of drug-likeness (QED) is 0.176. The Kier molecular flexibility index (Phi) is 20.8. The zero-order chi connectivity index (χ0) is 23.2. The minimum Gasteiger partial charge on any atom is -0.466 e. The van der Waals surface area contributed by atoms with Crippen molar-refractivity contribution in [3.63, 3.8) is 0 Å². The molecule has 0 aromatic carbocycles. The van der Waals surface area contributed by atoms with E-state index in [0.717, 1.165) is 57.9 Å². The predicted molar refractivity (Wildman–Crippen MR) is 125 cm³/mol. The van der Waals surface area contributed by atoms with E-state index >= 15 is 0 Å². The first kappa shape index (κ1) is 29.6. The number of unbranched alkanes of at least 4 members (excludes halogenated alkanes) is 9. The number of ketones is 1. The number of esters is 2. The number of hydrogen-bond donors (Lipinski definition) is 1. The molecule has 0 saturated carbocycles. The van der Waals surface area contributed by atoms with Crippen LogP contribution in [0.2, 0.25) is 0 Å². The maximum atomic E-state index is 12.1. The average molecular weight is 442 g/mol. The topological polar surface area (TPSA) is 81.7 Å². The van der Waals surface area contributed by atoms with Crippen LogP contribution in [0.3, 0.4) is 0 Å². The Bertz CT molecular complexity index is 467. The van der Waals surface area contributed by atoms with Gasteiger partial charge in [0, 0.05) is 12.8 Å². The fraction of sp³-hybridized carbons (Fsp3) is 0.880. The van der Waals surface area contributed by atoms with Crippen LogP contribution in [0.15, 0.2) is 0 Å². The van der Waals surface area contributed by atoms with E-state index in [1.807, 2.05) is 6.92 Å². The van der Waals surface area contributed by atoms with Crippen LogP contribution >= 0.6 is 0 Å². The highest BCUT2D eigenvalue weighted by atomic mass is 16.5. The van der Waals surface area contributed by atoms with Gasteiger partial charge in [-0.2, -0.15) is 0 Å². The highest BCUT2D eigenvalue weighted by molar-refractivity contribution is 5.82. The lowest BCUT2D eigenvalue weighted by atomic mass is 10.0. The van der Waals surface area contributed by atoms with Gasteiger partial charge in [0.2, 0.25) is 0 Å². The van der Waals surface area contributed by atoms with Crippen molar-refractivity contribution in [2.24, 2.45) is 0 Å². The van der Waals surface area contributed by atoms with Gasteiger partial charge in [-0.25, -0.2) is 0 Å². The summed E-state index contributed by atoms with van der Waals surface area (Å²) >= 11 is 0. The molecule has 6 heteroatoms. The Morgan fingerprint density at radius 1 is 0.677 bits per heavy atom. The largest absolute Gasteiger partial charge is 0.466 e. The minimum atomic E-state index is -0.286. The van der Waals surface area contributed by atoms with Gasteiger partial charge < -0.3 is 14.8 Å². The van der Waals surface area contributed by atoms with Crippen molar-refractivity contribution in [1.29, 1.82) is 0 Å². The minimum absolute atomic E-state index is 0.120. The summed E-state index contributed by atoms with van der Waals surface area (Å²) < 4.78 is 10.0. The van der Waals surface area contributed by atoms with Crippen molar-refractivity contribution in [2.45, 2.75) is 123 Å². The monoisotopic (exact) mass is 441 g/mol. The normalized spacial score (nSPS) is 11.8. The van der Waals surface area contributed by atoms with Crippen LogP contribution in [0.25, 0.3) is 0 Å². The second-order valence-electron chi connectivity index (χ2n) is 8.18. The van der Waals surface area contributed by atoms with Gasteiger partial charge in [0.1, 0.15) is 11.8 Å². The first-order chi connectivity index (χ1) is 15.0. The van der Waals surface area contributed by atoms with Crippen LogP contribution in [0.1, 0.15) is 117 Å². The van der Waals surface area contributed by atoms with Crippen LogP contribution in [-0.4, -0.2) is 43.5 Å². The van der Waals surface area contributed by atoms with Gasteiger partial charge in [0.05, 0.1) is 19.6 Å². The van der Waals surface area contributed by atoms with Crippen molar-refractivity contribution >= 4 is 17.7 Å². The van der Waals surface area contributed by atoms with E-state index in [9.17, 15) is 14.4 Å². The van der Waals surface area contributed by atoms with Crippen LogP contribution in [-0.2, 0) is 23.9 Å². The number of ether oxygens (including phenoxy) is 2. The van der Waals surface area contributed by atoms with Gasteiger partial charge in [-0.05, 0) is 39.7 Å². The van der Waals surface area contributed by atoms with Crippen molar-refractivity contribution in [2.75, 3.05) is 19.8 Å². The van der Waals surface area contributed by atoms with Gasteiger partial charge in [-0.3, -0.25) is 14.4 Å². The molecule has 0 saturated heterocycles. The molecule has 0 fully saturated rings. The fourth-order valence-electron chi connectivity index (χ4n) is 3.53. The van der Waals surface area contributed by atoms with Crippen molar-refractivity contribution < 1.29 is 23.9 Å². The molecule has 0 aliphatic carbocycles. The molecule has 0 rings (SSSR count). The summed E-state index contributed by atoms with van der Waals surface area (Å²) in [4.78, 5) is 35.1. The molecular weight excluding hydrogens is 394 g/mol. The molecule has 0 aromatic rings. The maximum absolute atomic E-state index is 12.1. The zero-order valence-electron chi connectivity index (χ0n) is 20.3. The van der Waals surface area contributed by atoms with E-state index < -0.39 is 0 Å². The number of carbonyl (C=O) groups excluding carboxylic acids is 3. The highest BCUT2D eigenvalue weighted by Crippen LogP contribution is 2.11. The molecule has 1 N–H and O–H groups in total. The van der Waals surface area contributed by atoms with E-state index in [0.29, 0.717) is 26.1 Å². The summed E-state index contributed by atoms with van der Waals surface area (Å²) in [5.74, 6) is -0.256. The van der Waals surface area contributed by atoms with Crippen LogP contribution in [0, 0.1) is 0 Å². The lowest BCUT2D eigenvalue weighted by Gasteiger charge is -2.17. The molecular formula is C25H47NO5. The van der Waals surface area contributed by atoms with Crippen molar-refractivity contribution in [3.05, 3.63) is 0 Å². The third-order valence-electron chi connectivity index (χ3n) is 5.35. The lowest BCUT2D eigenvalue weighted by Crippen LogP contribution is -2.38. The Hall–Kier alpha value is -1.43. The predicted octanol–water partition coefficient (Wildman–Crippen LogP) is 5.51. The van der Waals surface area contributed by atoms with E-state index in [-0.39, 0.29) is 30.2 Å².